The van der Waals surface area contributed by atoms with Crippen LogP contribution in [0.5, 0.6) is 0 Å². The highest BCUT2D eigenvalue weighted by molar-refractivity contribution is 5.76. The molecule has 0 aromatic carbocycles. The van der Waals surface area contributed by atoms with Crippen LogP contribution in [-0.4, -0.2) is 50.2 Å². The second kappa shape index (κ2) is 8.94. The molecule has 0 aromatic rings. The maximum Gasteiger partial charge on any atom is 0.317 e. The number of amides is 3. The van der Waals surface area contributed by atoms with Gasteiger partial charge in [-0.15, -0.1) is 0 Å². The van der Waals surface area contributed by atoms with Crippen LogP contribution >= 0.6 is 0 Å². The van der Waals surface area contributed by atoms with E-state index in [2.05, 4.69) is 10.6 Å². The lowest BCUT2D eigenvalue weighted by Crippen LogP contribution is -2.43. The van der Waals surface area contributed by atoms with Gasteiger partial charge in [0, 0.05) is 33.1 Å². The van der Waals surface area contributed by atoms with Crippen molar-refractivity contribution in [3.05, 3.63) is 0 Å². The summed E-state index contributed by atoms with van der Waals surface area (Å²) in [7, 11) is 1.52. The van der Waals surface area contributed by atoms with Crippen molar-refractivity contribution in [2.24, 2.45) is 0 Å². The van der Waals surface area contributed by atoms with Gasteiger partial charge in [0.05, 0.1) is 6.67 Å². The Morgan fingerprint density at radius 1 is 1.31 bits per heavy atom. The highest BCUT2D eigenvalue weighted by atomic mass is 19.1. The molecule has 94 valence electrons. The van der Waals surface area contributed by atoms with Crippen LogP contribution in [0.2, 0.25) is 0 Å². The van der Waals surface area contributed by atoms with E-state index < -0.39 is 6.67 Å². The van der Waals surface area contributed by atoms with Gasteiger partial charge in [0.1, 0.15) is 0 Å². The predicted octanol–water partition coefficient (Wildman–Crippen LogP) is 0.514. The van der Waals surface area contributed by atoms with Crippen LogP contribution in [0.15, 0.2) is 0 Å². The van der Waals surface area contributed by atoms with Gasteiger partial charge in [-0.3, -0.25) is 9.18 Å². The summed E-state index contributed by atoms with van der Waals surface area (Å²) in [6.07, 6.45) is 0.736. The zero-order chi connectivity index (χ0) is 12.4. The maximum absolute atomic E-state index is 12.0. The summed E-state index contributed by atoms with van der Waals surface area (Å²) in [5.41, 5.74) is 0. The van der Waals surface area contributed by atoms with Gasteiger partial charge in [0.2, 0.25) is 5.91 Å². The van der Waals surface area contributed by atoms with E-state index in [0.29, 0.717) is 32.5 Å². The van der Waals surface area contributed by atoms with E-state index in [1.54, 1.807) is 6.92 Å². The van der Waals surface area contributed by atoms with E-state index in [0.717, 1.165) is 0 Å². The third-order valence-electron chi connectivity index (χ3n) is 2.09. The molecule has 16 heavy (non-hydrogen) atoms. The summed E-state index contributed by atoms with van der Waals surface area (Å²) in [6.45, 7) is 2.46. The van der Waals surface area contributed by atoms with E-state index in [1.807, 2.05) is 0 Å². The average Bonchev–Trinajstić information content (AvgIpc) is 2.32. The maximum atomic E-state index is 12.0. The molecule has 6 heteroatoms. The number of carbonyl (C=O) groups is 2. The van der Waals surface area contributed by atoms with Crippen molar-refractivity contribution in [2.45, 2.75) is 19.8 Å². The minimum absolute atomic E-state index is 0.0534. The molecule has 0 bridgehead atoms. The van der Waals surface area contributed by atoms with Crippen LogP contribution in [0.4, 0.5) is 9.18 Å². The Morgan fingerprint density at radius 3 is 2.50 bits per heavy atom. The zero-order valence-electron chi connectivity index (χ0n) is 9.88. The lowest BCUT2D eigenvalue weighted by atomic mass is 10.4. The molecular formula is C10H20FN3O2. The lowest BCUT2D eigenvalue weighted by molar-refractivity contribution is -0.120. The number of urea groups is 1. The van der Waals surface area contributed by atoms with Crippen LogP contribution in [0.25, 0.3) is 0 Å². The Hall–Kier alpha value is -1.33. The monoisotopic (exact) mass is 233 g/mol. The van der Waals surface area contributed by atoms with Crippen molar-refractivity contribution in [1.29, 1.82) is 0 Å². The summed E-state index contributed by atoms with van der Waals surface area (Å²) < 4.78 is 12.0. The first kappa shape index (κ1) is 14.7. The molecule has 0 aromatic heterocycles. The minimum Gasteiger partial charge on any atom is -0.354 e. The highest BCUT2D eigenvalue weighted by Gasteiger charge is 2.10. The lowest BCUT2D eigenvalue weighted by Gasteiger charge is -2.21. The molecule has 0 fully saturated rings. The van der Waals surface area contributed by atoms with Crippen LogP contribution < -0.4 is 10.6 Å². The van der Waals surface area contributed by atoms with Crippen LogP contribution in [-0.2, 0) is 4.79 Å². The van der Waals surface area contributed by atoms with E-state index in [1.165, 1.54) is 11.9 Å². The number of nitrogens with zero attached hydrogens (tertiary/aromatic N) is 1. The number of hydrogen-bond donors (Lipinski definition) is 2. The van der Waals surface area contributed by atoms with Crippen molar-refractivity contribution in [1.82, 2.24) is 15.5 Å². The predicted molar refractivity (Wildman–Crippen MR) is 59.9 cm³/mol. The molecule has 5 nitrogen and oxygen atoms in total. The molecule has 0 spiro atoms. The molecule has 0 rings (SSSR count). The molecule has 0 atom stereocenters. The SMILES string of the molecule is CCC(=O)NCCN(CCCF)C(=O)NC. The molecule has 0 saturated carbocycles. The highest BCUT2D eigenvalue weighted by Crippen LogP contribution is 1.93. The fraction of sp³-hybridized carbons (Fsp3) is 0.800. The quantitative estimate of drug-likeness (QED) is 0.673. The van der Waals surface area contributed by atoms with Gasteiger partial charge in [-0.1, -0.05) is 6.92 Å². The summed E-state index contributed by atoms with van der Waals surface area (Å²) in [5.74, 6) is -0.0534. The van der Waals surface area contributed by atoms with Gasteiger partial charge in [-0.2, -0.15) is 0 Å². The van der Waals surface area contributed by atoms with Crippen LogP contribution in [0.1, 0.15) is 19.8 Å². The van der Waals surface area contributed by atoms with Gasteiger partial charge >= 0.3 is 6.03 Å². The summed E-state index contributed by atoms with van der Waals surface area (Å²) in [6, 6.07) is -0.251. The molecule has 0 unspecified atom stereocenters. The van der Waals surface area contributed by atoms with Crippen molar-refractivity contribution in [3.63, 3.8) is 0 Å². The van der Waals surface area contributed by atoms with Crippen molar-refractivity contribution in [3.8, 4) is 0 Å². The summed E-state index contributed by atoms with van der Waals surface area (Å²) in [4.78, 5) is 23.8. The Morgan fingerprint density at radius 2 is 2.00 bits per heavy atom. The Labute approximate surface area is 95.4 Å². The molecule has 2 N–H and O–H groups in total. The number of carbonyl (C=O) groups excluding carboxylic acids is 2. The molecular weight excluding hydrogens is 213 g/mol. The van der Waals surface area contributed by atoms with Crippen molar-refractivity contribution >= 4 is 11.9 Å². The van der Waals surface area contributed by atoms with Crippen LogP contribution in [0.3, 0.4) is 0 Å². The largest absolute Gasteiger partial charge is 0.354 e. The van der Waals surface area contributed by atoms with E-state index in [9.17, 15) is 14.0 Å². The molecule has 0 aliphatic heterocycles. The van der Waals surface area contributed by atoms with E-state index in [-0.39, 0.29) is 11.9 Å². The second-order valence-electron chi connectivity index (χ2n) is 3.29. The van der Waals surface area contributed by atoms with Gasteiger partial charge in [-0.25, -0.2) is 4.79 Å². The van der Waals surface area contributed by atoms with Gasteiger partial charge in [0.25, 0.3) is 0 Å². The number of hydrogen-bond acceptors (Lipinski definition) is 2. The second-order valence-corrected chi connectivity index (χ2v) is 3.29. The van der Waals surface area contributed by atoms with Crippen molar-refractivity contribution in [2.75, 3.05) is 33.4 Å². The van der Waals surface area contributed by atoms with Gasteiger partial charge < -0.3 is 15.5 Å². The normalized spacial score (nSPS) is 9.69. The first-order valence-corrected chi connectivity index (χ1v) is 5.45. The van der Waals surface area contributed by atoms with E-state index >= 15 is 0 Å². The number of halogens is 1. The Kier molecular flexibility index (Phi) is 8.19. The molecule has 0 saturated heterocycles. The summed E-state index contributed by atoms with van der Waals surface area (Å²) in [5, 5.41) is 5.14. The molecule has 0 heterocycles. The fourth-order valence-corrected chi connectivity index (χ4v) is 1.18. The molecule has 0 radical (unpaired) electrons. The standard InChI is InChI=1S/C10H20FN3O2/c1-3-9(15)13-6-8-14(7-4-5-11)10(16)12-2/h3-8H2,1-2H3,(H,12,16)(H,13,15). The zero-order valence-corrected chi connectivity index (χ0v) is 9.88. The molecule has 0 aliphatic rings. The van der Waals surface area contributed by atoms with Crippen molar-refractivity contribution < 1.29 is 14.0 Å². The van der Waals surface area contributed by atoms with Crippen LogP contribution in [0, 0.1) is 0 Å². The summed E-state index contributed by atoms with van der Waals surface area (Å²) >= 11 is 0. The Bertz CT molecular complexity index is 224. The number of rotatable bonds is 7. The first-order chi connectivity index (χ1) is 7.65. The Balaban J connectivity index is 3.91. The third kappa shape index (κ3) is 6.21. The molecule has 0 aliphatic carbocycles. The fourth-order valence-electron chi connectivity index (χ4n) is 1.18. The van der Waals surface area contributed by atoms with Gasteiger partial charge in [0.15, 0.2) is 0 Å². The average molecular weight is 233 g/mol. The minimum atomic E-state index is -0.450. The van der Waals surface area contributed by atoms with Gasteiger partial charge in [-0.05, 0) is 6.42 Å². The smallest absolute Gasteiger partial charge is 0.317 e. The number of nitrogens with one attached hydrogen (secondary N) is 2. The number of alkyl halides is 1. The topological polar surface area (TPSA) is 61.4 Å². The van der Waals surface area contributed by atoms with E-state index in [4.69, 9.17) is 0 Å². The molecule has 3 amide bonds. The first-order valence-electron chi connectivity index (χ1n) is 5.45. The third-order valence-corrected chi connectivity index (χ3v) is 2.09.